The number of benzene rings is 3. The average molecular weight is 280 g/mol. The molecule has 0 fully saturated rings. The van der Waals surface area contributed by atoms with Gasteiger partial charge in [-0.3, -0.25) is 0 Å². The third-order valence-electron chi connectivity index (χ3n) is 3.60. The van der Waals surface area contributed by atoms with Crippen LogP contribution in [0.5, 0.6) is 0 Å². The third-order valence-corrected chi connectivity index (χ3v) is 3.60. The van der Waals surface area contributed by atoms with Gasteiger partial charge in [0.15, 0.2) is 0 Å². The maximum Gasteiger partial charge on any atom is 0.101 e. The van der Waals surface area contributed by atoms with Crippen LogP contribution in [0.2, 0.25) is 0 Å². The van der Waals surface area contributed by atoms with E-state index in [1.54, 1.807) is 12.1 Å². The maximum absolute atomic E-state index is 9.32. The summed E-state index contributed by atoms with van der Waals surface area (Å²) in [5, 5.41) is 18.4. The van der Waals surface area contributed by atoms with E-state index in [1.807, 2.05) is 48.5 Å². The Morgan fingerprint density at radius 1 is 0.545 bits per heavy atom. The number of hydrogen-bond donors (Lipinski definition) is 0. The van der Waals surface area contributed by atoms with Crippen LogP contribution in [0.1, 0.15) is 11.1 Å². The Bertz CT molecular complexity index is 880. The molecule has 0 N–H and O–H groups in total. The summed E-state index contributed by atoms with van der Waals surface area (Å²) in [5.74, 6) is 0. The molecule has 0 radical (unpaired) electrons. The highest BCUT2D eigenvalue weighted by Gasteiger charge is 2.09. The zero-order chi connectivity index (χ0) is 15.4. The molecule has 0 aliphatic rings. The van der Waals surface area contributed by atoms with Crippen molar-refractivity contribution in [2.45, 2.75) is 0 Å². The van der Waals surface area contributed by atoms with Crippen molar-refractivity contribution in [1.29, 1.82) is 10.5 Å². The van der Waals surface area contributed by atoms with Gasteiger partial charge in [0.1, 0.15) is 12.1 Å². The Morgan fingerprint density at radius 2 is 1.18 bits per heavy atom. The fourth-order valence-electron chi connectivity index (χ4n) is 2.48. The zero-order valence-corrected chi connectivity index (χ0v) is 11.8. The second-order valence-electron chi connectivity index (χ2n) is 4.90. The molecule has 0 saturated carbocycles. The van der Waals surface area contributed by atoms with Gasteiger partial charge in [-0.1, -0.05) is 66.7 Å². The summed E-state index contributed by atoms with van der Waals surface area (Å²) < 4.78 is 0. The van der Waals surface area contributed by atoms with E-state index < -0.39 is 0 Å². The first-order valence-electron chi connectivity index (χ1n) is 6.92. The molecule has 102 valence electrons. The van der Waals surface area contributed by atoms with Crippen LogP contribution in [0.25, 0.3) is 22.3 Å². The highest BCUT2D eigenvalue weighted by Crippen LogP contribution is 2.28. The number of hydrogen-bond acceptors (Lipinski definition) is 2. The molecule has 0 saturated heterocycles. The first-order chi connectivity index (χ1) is 10.8. The van der Waals surface area contributed by atoms with Crippen molar-refractivity contribution in [2.75, 3.05) is 0 Å². The fraction of sp³-hybridized carbons (Fsp3) is 0. The molecule has 0 spiro atoms. The van der Waals surface area contributed by atoms with E-state index >= 15 is 0 Å². The molecular formula is C20H12N2. The smallest absolute Gasteiger partial charge is 0.101 e. The van der Waals surface area contributed by atoms with Gasteiger partial charge in [-0.05, 0) is 22.8 Å². The highest BCUT2D eigenvalue weighted by atomic mass is 14.3. The Hall–Kier alpha value is -3.36. The summed E-state index contributed by atoms with van der Waals surface area (Å²) in [4.78, 5) is 0. The van der Waals surface area contributed by atoms with Crippen molar-refractivity contribution in [3.8, 4) is 34.4 Å². The van der Waals surface area contributed by atoms with Crippen LogP contribution in [-0.2, 0) is 0 Å². The Morgan fingerprint density at radius 3 is 1.82 bits per heavy atom. The molecular weight excluding hydrogens is 268 g/mol. The SMILES string of the molecule is N#Cc1cccc(-c2ccc(-c3ccccc3)cc2)c1C#N. The summed E-state index contributed by atoms with van der Waals surface area (Å²) in [5.41, 5.74) is 4.85. The lowest BCUT2D eigenvalue weighted by atomic mass is 9.95. The predicted molar refractivity (Wildman–Crippen MR) is 86.7 cm³/mol. The molecule has 0 bridgehead atoms. The molecule has 22 heavy (non-hydrogen) atoms. The normalized spacial score (nSPS) is 9.73. The van der Waals surface area contributed by atoms with E-state index in [1.165, 1.54) is 0 Å². The monoisotopic (exact) mass is 280 g/mol. The molecule has 0 unspecified atom stereocenters. The Balaban J connectivity index is 2.05. The van der Waals surface area contributed by atoms with Crippen LogP contribution in [0, 0.1) is 22.7 Å². The van der Waals surface area contributed by atoms with Gasteiger partial charge in [-0.25, -0.2) is 0 Å². The highest BCUT2D eigenvalue weighted by molar-refractivity contribution is 5.76. The first-order valence-corrected chi connectivity index (χ1v) is 6.92. The predicted octanol–water partition coefficient (Wildman–Crippen LogP) is 4.76. The molecule has 0 atom stereocenters. The summed E-state index contributed by atoms with van der Waals surface area (Å²) in [7, 11) is 0. The minimum Gasteiger partial charge on any atom is -0.192 e. The molecule has 3 aromatic rings. The minimum atomic E-state index is 0.409. The second-order valence-corrected chi connectivity index (χ2v) is 4.90. The lowest BCUT2D eigenvalue weighted by Crippen LogP contribution is -1.89. The fourth-order valence-corrected chi connectivity index (χ4v) is 2.48. The summed E-state index contributed by atoms with van der Waals surface area (Å²) in [6, 6.07) is 27.7. The minimum absolute atomic E-state index is 0.409. The van der Waals surface area contributed by atoms with Crippen molar-refractivity contribution in [2.24, 2.45) is 0 Å². The van der Waals surface area contributed by atoms with Crippen LogP contribution in [0.4, 0.5) is 0 Å². The topological polar surface area (TPSA) is 47.6 Å². The van der Waals surface area contributed by atoms with Gasteiger partial charge < -0.3 is 0 Å². The van der Waals surface area contributed by atoms with Gasteiger partial charge >= 0.3 is 0 Å². The molecule has 2 heteroatoms. The third kappa shape index (κ3) is 2.46. The molecule has 0 aliphatic carbocycles. The van der Waals surface area contributed by atoms with Crippen molar-refractivity contribution < 1.29 is 0 Å². The van der Waals surface area contributed by atoms with E-state index in [4.69, 9.17) is 5.26 Å². The lowest BCUT2D eigenvalue weighted by molar-refractivity contribution is 1.43. The van der Waals surface area contributed by atoms with Gasteiger partial charge in [0, 0.05) is 5.56 Å². The van der Waals surface area contributed by atoms with Gasteiger partial charge in [-0.15, -0.1) is 0 Å². The van der Waals surface area contributed by atoms with Crippen molar-refractivity contribution in [3.63, 3.8) is 0 Å². The largest absolute Gasteiger partial charge is 0.192 e. The standard InChI is InChI=1S/C20H12N2/c21-13-18-7-4-8-19(20(18)14-22)17-11-9-16(10-12-17)15-5-2-1-3-6-15/h1-12H. The Labute approximate surface area is 129 Å². The quantitative estimate of drug-likeness (QED) is 0.679. The van der Waals surface area contributed by atoms with Gasteiger partial charge in [-0.2, -0.15) is 10.5 Å². The van der Waals surface area contributed by atoms with E-state index in [9.17, 15) is 5.26 Å². The van der Waals surface area contributed by atoms with Crippen molar-refractivity contribution >= 4 is 0 Å². The van der Waals surface area contributed by atoms with Crippen molar-refractivity contribution in [1.82, 2.24) is 0 Å². The van der Waals surface area contributed by atoms with E-state index in [0.717, 1.165) is 22.3 Å². The van der Waals surface area contributed by atoms with Crippen molar-refractivity contribution in [3.05, 3.63) is 83.9 Å². The molecule has 0 aromatic heterocycles. The maximum atomic E-state index is 9.32. The van der Waals surface area contributed by atoms with E-state index in [2.05, 4.69) is 24.3 Å². The van der Waals surface area contributed by atoms with Crippen LogP contribution in [0.15, 0.2) is 72.8 Å². The summed E-state index contributed by atoms with van der Waals surface area (Å²) in [6.07, 6.45) is 0. The number of nitrogens with zero attached hydrogens (tertiary/aromatic N) is 2. The first kappa shape index (κ1) is 13.6. The molecule has 0 heterocycles. The average Bonchev–Trinajstić information content (AvgIpc) is 2.62. The molecule has 2 nitrogen and oxygen atoms in total. The number of nitriles is 2. The lowest BCUT2D eigenvalue weighted by Gasteiger charge is -2.07. The van der Waals surface area contributed by atoms with Gasteiger partial charge in [0.2, 0.25) is 0 Å². The Kier molecular flexibility index (Phi) is 3.69. The summed E-state index contributed by atoms with van der Waals surface area (Å²) in [6.45, 7) is 0. The second kappa shape index (κ2) is 5.95. The molecule has 0 amide bonds. The zero-order valence-electron chi connectivity index (χ0n) is 11.8. The van der Waals surface area contributed by atoms with E-state index in [0.29, 0.717) is 11.1 Å². The van der Waals surface area contributed by atoms with Gasteiger partial charge in [0.25, 0.3) is 0 Å². The van der Waals surface area contributed by atoms with Crippen LogP contribution < -0.4 is 0 Å². The van der Waals surface area contributed by atoms with Crippen LogP contribution in [-0.4, -0.2) is 0 Å². The summed E-state index contributed by atoms with van der Waals surface area (Å²) >= 11 is 0. The molecule has 3 aromatic carbocycles. The molecule has 0 aliphatic heterocycles. The van der Waals surface area contributed by atoms with Crippen LogP contribution >= 0.6 is 0 Å². The van der Waals surface area contributed by atoms with Crippen LogP contribution in [0.3, 0.4) is 0 Å². The van der Waals surface area contributed by atoms with Gasteiger partial charge in [0.05, 0.1) is 11.1 Å². The molecule has 3 rings (SSSR count). The number of rotatable bonds is 2. The van der Waals surface area contributed by atoms with E-state index in [-0.39, 0.29) is 0 Å².